The van der Waals surface area contributed by atoms with Gasteiger partial charge in [0.25, 0.3) is 0 Å². The van der Waals surface area contributed by atoms with Crippen LogP contribution in [0.1, 0.15) is 45.3 Å². The maximum absolute atomic E-state index is 9.98. The molecule has 0 aliphatic carbocycles. The van der Waals surface area contributed by atoms with Crippen LogP contribution in [0.3, 0.4) is 0 Å². The summed E-state index contributed by atoms with van der Waals surface area (Å²) < 4.78 is 1.84. The van der Waals surface area contributed by atoms with E-state index in [-0.39, 0.29) is 6.10 Å². The molecule has 1 aromatic heterocycles. The van der Waals surface area contributed by atoms with Crippen LogP contribution in [-0.2, 0) is 6.54 Å². The Labute approximate surface area is 85.8 Å². The van der Waals surface area contributed by atoms with Gasteiger partial charge >= 0.3 is 0 Å². The molecule has 3 heteroatoms. The minimum atomic E-state index is -0.366. The Morgan fingerprint density at radius 1 is 1.50 bits per heavy atom. The second-order valence-electron chi connectivity index (χ2n) is 3.84. The van der Waals surface area contributed by atoms with Gasteiger partial charge in [-0.2, -0.15) is 5.10 Å². The fraction of sp³-hybridized carbons (Fsp3) is 0.727. The van der Waals surface area contributed by atoms with Gasteiger partial charge in [0, 0.05) is 18.3 Å². The van der Waals surface area contributed by atoms with Crippen molar-refractivity contribution in [1.29, 1.82) is 0 Å². The highest BCUT2D eigenvalue weighted by atomic mass is 16.3. The van der Waals surface area contributed by atoms with Crippen molar-refractivity contribution in [2.45, 2.75) is 46.3 Å². The van der Waals surface area contributed by atoms with E-state index in [9.17, 15) is 5.11 Å². The molecule has 14 heavy (non-hydrogen) atoms. The van der Waals surface area contributed by atoms with E-state index in [1.165, 1.54) is 0 Å². The summed E-state index contributed by atoms with van der Waals surface area (Å²) in [4.78, 5) is 0. The van der Waals surface area contributed by atoms with Gasteiger partial charge in [-0.3, -0.25) is 4.68 Å². The topological polar surface area (TPSA) is 38.1 Å². The van der Waals surface area contributed by atoms with Crippen LogP contribution in [0.5, 0.6) is 0 Å². The molecule has 0 aromatic carbocycles. The molecule has 0 amide bonds. The van der Waals surface area contributed by atoms with Crippen LogP contribution in [0.4, 0.5) is 0 Å². The molecule has 0 saturated carbocycles. The van der Waals surface area contributed by atoms with Crippen molar-refractivity contribution >= 4 is 0 Å². The summed E-state index contributed by atoms with van der Waals surface area (Å²) in [6.07, 6.45) is 5.49. The molecule has 2 unspecified atom stereocenters. The number of hydrogen-bond donors (Lipinski definition) is 1. The lowest BCUT2D eigenvalue weighted by Crippen LogP contribution is -2.08. The van der Waals surface area contributed by atoms with Gasteiger partial charge in [-0.1, -0.05) is 20.3 Å². The SMILES string of the molecule is CCCC(C)C(O)c1cnn(CC)c1. The van der Waals surface area contributed by atoms with Crippen molar-refractivity contribution in [3.63, 3.8) is 0 Å². The van der Waals surface area contributed by atoms with Crippen LogP contribution >= 0.6 is 0 Å². The molecule has 0 bridgehead atoms. The fourth-order valence-corrected chi connectivity index (χ4v) is 1.65. The molecular formula is C11H20N2O. The number of aliphatic hydroxyl groups is 1. The van der Waals surface area contributed by atoms with Crippen molar-refractivity contribution in [2.24, 2.45) is 5.92 Å². The first-order valence-corrected chi connectivity index (χ1v) is 5.39. The van der Waals surface area contributed by atoms with Crippen molar-refractivity contribution in [1.82, 2.24) is 9.78 Å². The molecule has 1 aromatic rings. The number of rotatable bonds is 5. The third-order valence-electron chi connectivity index (χ3n) is 2.60. The normalized spacial score (nSPS) is 15.4. The van der Waals surface area contributed by atoms with E-state index >= 15 is 0 Å². The predicted octanol–water partition coefficient (Wildman–Crippen LogP) is 2.37. The monoisotopic (exact) mass is 196 g/mol. The molecule has 0 spiro atoms. The van der Waals surface area contributed by atoms with Crippen molar-refractivity contribution in [3.8, 4) is 0 Å². The molecule has 1 rings (SSSR count). The number of aliphatic hydroxyl groups excluding tert-OH is 1. The lowest BCUT2D eigenvalue weighted by Gasteiger charge is -2.16. The Kier molecular flexibility index (Phi) is 4.14. The highest BCUT2D eigenvalue weighted by molar-refractivity contribution is 5.08. The Morgan fingerprint density at radius 3 is 2.71 bits per heavy atom. The van der Waals surface area contributed by atoms with Crippen molar-refractivity contribution < 1.29 is 5.11 Å². The van der Waals surface area contributed by atoms with Crippen LogP contribution in [-0.4, -0.2) is 14.9 Å². The van der Waals surface area contributed by atoms with Gasteiger partial charge in [-0.15, -0.1) is 0 Å². The zero-order valence-corrected chi connectivity index (χ0v) is 9.27. The molecule has 0 fully saturated rings. The molecule has 0 aliphatic heterocycles. The third kappa shape index (κ3) is 2.58. The minimum absolute atomic E-state index is 0.314. The molecule has 0 saturated heterocycles. The predicted molar refractivity (Wildman–Crippen MR) is 56.9 cm³/mol. The van der Waals surface area contributed by atoms with E-state index in [0.717, 1.165) is 24.9 Å². The third-order valence-corrected chi connectivity index (χ3v) is 2.60. The van der Waals surface area contributed by atoms with Crippen LogP contribution in [0.15, 0.2) is 12.4 Å². The molecule has 1 heterocycles. The van der Waals surface area contributed by atoms with Gasteiger partial charge in [-0.25, -0.2) is 0 Å². The second kappa shape index (κ2) is 5.15. The van der Waals surface area contributed by atoms with Gasteiger partial charge in [0.1, 0.15) is 0 Å². The summed E-state index contributed by atoms with van der Waals surface area (Å²) in [7, 11) is 0. The van der Waals surface area contributed by atoms with Gasteiger partial charge in [-0.05, 0) is 19.3 Å². The van der Waals surface area contributed by atoms with Gasteiger partial charge in [0.15, 0.2) is 0 Å². The van der Waals surface area contributed by atoms with Gasteiger partial charge in [0.2, 0.25) is 0 Å². The maximum Gasteiger partial charge on any atom is 0.0846 e. The van der Waals surface area contributed by atoms with E-state index in [4.69, 9.17) is 0 Å². The standard InChI is InChI=1S/C11H20N2O/c1-4-6-9(3)11(14)10-7-12-13(5-2)8-10/h7-9,11,14H,4-6H2,1-3H3. The van der Waals surface area contributed by atoms with E-state index in [2.05, 4.69) is 18.9 Å². The first kappa shape index (κ1) is 11.2. The first-order chi connectivity index (χ1) is 6.69. The highest BCUT2D eigenvalue weighted by Crippen LogP contribution is 2.24. The Hall–Kier alpha value is -0.830. The average Bonchev–Trinajstić information content (AvgIpc) is 2.65. The van der Waals surface area contributed by atoms with Crippen molar-refractivity contribution in [3.05, 3.63) is 18.0 Å². The molecular weight excluding hydrogens is 176 g/mol. The molecule has 1 N–H and O–H groups in total. The number of aryl methyl sites for hydroxylation is 1. The van der Waals surface area contributed by atoms with E-state index in [1.54, 1.807) is 6.20 Å². The van der Waals surface area contributed by atoms with Crippen LogP contribution in [0, 0.1) is 5.92 Å². The molecule has 0 aliphatic rings. The van der Waals surface area contributed by atoms with E-state index in [1.807, 2.05) is 17.8 Å². The number of aromatic nitrogens is 2. The summed E-state index contributed by atoms with van der Waals surface area (Å²) >= 11 is 0. The minimum Gasteiger partial charge on any atom is -0.388 e. The quantitative estimate of drug-likeness (QED) is 0.785. The zero-order chi connectivity index (χ0) is 10.6. The summed E-state index contributed by atoms with van der Waals surface area (Å²) in [5.41, 5.74) is 0.938. The largest absolute Gasteiger partial charge is 0.388 e. The van der Waals surface area contributed by atoms with E-state index < -0.39 is 0 Å². The molecule has 2 atom stereocenters. The summed E-state index contributed by atoms with van der Waals surface area (Å²) in [5.74, 6) is 0.314. The number of hydrogen-bond acceptors (Lipinski definition) is 2. The Balaban J connectivity index is 2.63. The van der Waals surface area contributed by atoms with Crippen LogP contribution < -0.4 is 0 Å². The summed E-state index contributed by atoms with van der Waals surface area (Å²) in [5, 5.41) is 14.1. The van der Waals surface area contributed by atoms with Gasteiger partial charge in [0.05, 0.1) is 12.3 Å². The lowest BCUT2D eigenvalue weighted by atomic mass is 9.96. The maximum atomic E-state index is 9.98. The molecule has 0 radical (unpaired) electrons. The zero-order valence-electron chi connectivity index (χ0n) is 9.27. The smallest absolute Gasteiger partial charge is 0.0846 e. The average molecular weight is 196 g/mol. The number of nitrogens with zero attached hydrogens (tertiary/aromatic N) is 2. The summed E-state index contributed by atoms with van der Waals surface area (Å²) in [6, 6.07) is 0. The lowest BCUT2D eigenvalue weighted by molar-refractivity contribution is 0.112. The molecule has 80 valence electrons. The Bertz CT molecular complexity index is 270. The second-order valence-corrected chi connectivity index (χ2v) is 3.84. The summed E-state index contributed by atoms with van der Waals surface area (Å²) in [6.45, 7) is 7.11. The molecule has 3 nitrogen and oxygen atoms in total. The highest BCUT2D eigenvalue weighted by Gasteiger charge is 2.16. The van der Waals surface area contributed by atoms with E-state index in [0.29, 0.717) is 5.92 Å². The first-order valence-electron chi connectivity index (χ1n) is 5.39. The van der Waals surface area contributed by atoms with Crippen LogP contribution in [0.2, 0.25) is 0 Å². The van der Waals surface area contributed by atoms with Crippen molar-refractivity contribution in [2.75, 3.05) is 0 Å². The van der Waals surface area contributed by atoms with Crippen LogP contribution in [0.25, 0.3) is 0 Å². The Morgan fingerprint density at radius 2 is 2.21 bits per heavy atom. The van der Waals surface area contributed by atoms with Gasteiger partial charge < -0.3 is 5.11 Å². The fourth-order valence-electron chi connectivity index (χ4n) is 1.65.